The lowest BCUT2D eigenvalue weighted by Gasteiger charge is -1.95. The molecule has 0 atom stereocenters. The number of hydrogen-bond donors (Lipinski definition) is 1. The Morgan fingerprint density at radius 2 is 2.20 bits per heavy atom. The van der Waals surface area contributed by atoms with Gasteiger partial charge in [-0.2, -0.15) is 4.99 Å². The van der Waals surface area contributed by atoms with Gasteiger partial charge in [0, 0.05) is 13.5 Å². The molecule has 0 rings (SSSR count). The third kappa shape index (κ3) is 3.88. The third-order valence-electron chi connectivity index (χ3n) is 0.888. The van der Waals surface area contributed by atoms with E-state index in [0.717, 1.165) is 0 Å². The summed E-state index contributed by atoms with van der Waals surface area (Å²) >= 11 is 0. The summed E-state index contributed by atoms with van der Waals surface area (Å²) in [4.78, 5) is 7.65. The molecule has 4 heteroatoms. The highest BCUT2D eigenvalue weighted by Gasteiger charge is 1.87. The van der Waals surface area contributed by atoms with Crippen LogP contribution < -0.4 is 5.73 Å². The highest BCUT2D eigenvalue weighted by Crippen LogP contribution is 1.79. The average molecular weight is 143 g/mol. The summed E-state index contributed by atoms with van der Waals surface area (Å²) in [5, 5.41) is 0. The fraction of sp³-hybridized carbons (Fsp3) is 0.667. The Labute approximate surface area is 60.8 Å². The normalized spacial score (nSPS) is 13.5. The molecule has 0 aliphatic carbocycles. The van der Waals surface area contributed by atoms with Gasteiger partial charge in [0.15, 0.2) is 5.90 Å². The smallest absolute Gasteiger partial charge is 0.218 e. The molecule has 0 fully saturated rings. The number of ether oxygens (including phenoxy) is 1. The monoisotopic (exact) mass is 143 g/mol. The fourth-order valence-electron chi connectivity index (χ4n) is 0.404. The van der Waals surface area contributed by atoms with Crippen molar-refractivity contribution in [2.24, 2.45) is 15.7 Å². The number of rotatable bonds is 1. The molecular weight excluding hydrogens is 130 g/mol. The molecule has 0 aliphatic rings. The fourth-order valence-corrected chi connectivity index (χ4v) is 0.404. The van der Waals surface area contributed by atoms with Crippen molar-refractivity contribution in [3.63, 3.8) is 0 Å². The molecule has 2 N–H and O–H groups in total. The van der Waals surface area contributed by atoms with E-state index in [2.05, 4.69) is 9.98 Å². The van der Waals surface area contributed by atoms with Gasteiger partial charge in [-0.1, -0.05) is 0 Å². The van der Waals surface area contributed by atoms with Crippen LogP contribution in [0, 0.1) is 0 Å². The van der Waals surface area contributed by atoms with Crippen molar-refractivity contribution >= 4 is 11.9 Å². The maximum Gasteiger partial charge on any atom is 0.218 e. The molecule has 0 aromatic carbocycles. The lowest BCUT2D eigenvalue weighted by atomic mass is 10.7. The molecule has 0 aliphatic heterocycles. The quantitative estimate of drug-likeness (QED) is 0.426. The zero-order valence-corrected chi connectivity index (χ0v) is 6.59. The van der Waals surface area contributed by atoms with E-state index >= 15 is 0 Å². The molecule has 0 amide bonds. The maximum absolute atomic E-state index is 5.34. The van der Waals surface area contributed by atoms with Gasteiger partial charge in [-0.05, 0) is 6.92 Å². The second kappa shape index (κ2) is 4.78. The second-order valence-corrected chi connectivity index (χ2v) is 1.67. The third-order valence-corrected chi connectivity index (χ3v) is 0.888. The Morgan fingerprint density at radius 1 is 1.60 bits per heavy atom. The summed E-state index contributed by atoms with van der Waals surface area (Å²) in [7, 11) is 1.54. The van der Waals surface area contributed by atoms with Gasteiger partial charge in [-0.15, -0.1) is 0 Å². The van der Waals surface area contributed by atoms with Gasteiger partial charge >= 0.3 is 0 Å². The van der Waals surface area contributed by atoms with E-state index in [-0.39, 0.29) is 5.96 Å². The standard InChI is InChI=1S/C6H13N3O/c1-4-8-6(7)9-5(2)10-3/h4H2,1-3H3,(H2,7,8). The van der Waals surface area contributed by atoms with E-state index < -0.39 is 0 Å². The van der Waals surface area contributed by atoms with Gasteiger partial charge in [0.2, 0.25) is 5.96 Å². The van der Waals surface area contributed by atoms with Gasteiger partial charge in [0.25, 0.3) is 0 Å². The Balaban J connectivity index is 3.98. The van der Waals surface area contributed by atoms with E-state index in [1.807, 2.05) is 6.92 Å². The summed E-state index contributed by atoms with van der Waals surface area (Å²) in [6.07, 6.45) is 0. The Bertz CT molecular complexity index is 151. The van der Waals surface area contributed by atoms with Gasteiger partial charge in [-0.3, -0.25) is 4.99 Å². The van der Waals surface area contributed by atoms with E-state index in [0.29, 0.717) is 12.4 Å². The zero-order valence-electron chi connectivity index (χ0n) is 6.59. The minimum atomic E-state index is 0.266. The molecule has 4 nitrogen and oxygen atoms in total. The zero-order chi connectivity index (χ0) is 7.98. The summed E-state index contributed by atoms with van der Waals surface area (Å²) < 4.78 is 4.76. The Kier molecular flexibility index (Phi) is 4.28. The second-order valence-electron chi connectivity index (χ2n) is 1.67. The van der Waals surface area contributed by atoms with Crippen LogP contribution in [-0.4, -0.2) is 25.5 Å². The number of hydrogen-bond acceptors (Lipinski definition) is 2. The number of nitrogens with two attached hydrogens (primary N) is 1. The van der Waals surface area contributed by atoms with Crippen LogP contribution in [-0.2, 0) is 4.74 Å². The maximum atomic E-state index is 5.34. The van der Waals surface area contributed by atoms with Crippen molar-refractivity contribution < 1.29 is 4.74 Å². The molecule has 0 spiro atoms. The number of methoxy groups -OCH3 is 1. The molecule has 0 heterocycles. The van der Waals surface area contributed by atoms with Crippen molar-refractivity contribution in [3.8, 4) is 0 Å². The van der Waals surface area contributed by atoms with Crippen LogP contribution >= 0.6 is 0 Å². The summed E-state index contributed by atoms with van der Waals surface area (Å²) in [6.45, 7) is 4.26. The first-order valence-corrected chi connectivity index (χ1v) is 3.10. The number of guanidine groups is 1. The van der Waals surface area contributed by atoms with E-state index in [9.17, 15) is 0 Å². The molecule has 0 radical (unpaired) electrons. The van der Waals surface area contributed by atoms with Crippen LogP contribution in [0.5, 0.6) is 0 Å². The molecule has 0 saturated heterocycles. The predicted octanol–water partition coefficient (Wildman–Crippen LogP) is 0.386. The van der Waals surface area contributed by atoms with Gasteiger partial charge in [-0.25, -0.2) is 0 Å². The highest BCUT2D eigenvalue weighted by atomic mass is 16.5. The summed E-state index contributed by atoms with van der Waals surface area (Å²) in [5.41, 5.74) is 5.34. The SMILES string of the molecule is CCN=C(N)N=C(C)OC. The van der Waals surface area contributed by atoms with Crippen LogP contribution in [0.1, 0.15) is 13.8 Å². The first-order valence-electron chi connectivity index (χ1n) is 3.10. The molecule has 0 bridgehead atoms. The minimum Gasteiger partial charge on any atom is -0.484 e. The molecular formula is C6H13N3O. The number of aliphatic imine (C=N–C) groups is 2. The van der Waals surface area contributed by atoms with Crippen LogP contribution in [0.2, 0.25) is 0 Å². The van der Waals surface area contributed by atoms with Crippen LogP contribution in [0.3, 0.4) is 0 Å². The largest absolute Gasteiger partial charge is 0.484 e. The number of nitrogens with zero attached hydrogens (tertiary/aromatic N) is 2. The van der Waals surface area contributed by atoms with Gasteiger partial charge in [0.1, 0.15) is 0 Å². The summed E-state index contributed by atoms with van der Waals surface area (Å²) in [6, 6.07) is 0. The van der Waals surface area contributed by atoms with Gasteiger partial charge < -0.3 is 10.5 Å². The van der Waals surface area contributed by atoms with Crippen LogP contribution in [0.25, 0.3) is 0 Å². The highest BCUT2D eigenvalue weighted by molar-refractivity contribution is 5.91. The topological polar surface area (TPSA) is 60.0 Å². The van der Waals surface area contributed by atoms with E-state index in [4.69, 9.17) is 10.5 Å². The Morgan fingerprint density at radius 3 is 2.60 bits per heavy atom. The lowest BCUT2D eigenvalue weighted by Crippen LogP contribution is -2.11. The van der Waals surface area contributed by atoms with Gasteiger partial charge in [0.05, 0.1) is 7.11 Å². The molecule has 10 heavy (non-hydrogen) atoms. The molecule has 0 aromatic heterocycles. The first kappa shape index (κ1) is 8.94. The predicted molar refractivity (Wildman–Crippen MR) is 42.3 cm³/mol. The Hall–Kier alpha value is -1.06. The molecule has 0 saturated carbocycles. The van der Waals surface area contributed by atoms with Crippen molar-refractivity contribution in [1.82, 2.24) is 0 Å². The van der Waals surface area contributed by atoms with E-state index in [1.54, 1.807) is 6.92 Å². The first-order chi connectivity index (χ1) is 4.70. The van der Waals surface area contributed by atoms with E-state index in [1.165, 1.54) is 7.11 Å². The van der Waals surface area contributed by atoms with Crippen molar-refractivity contribution in [3.05, 3.63) is 0 Å². The molecule has 0 unspecified atom stereocenters. The summed E-state index contributed by atoms with van der Waals surface area (Å²) in [5.74, 6) is 0.788. The molecule has 58 valence electrons. The van der Waals surface area contributed by atoms with Crippen molar-refractivity contribution in [2.45, 2.75) is 13.8 Å². The van der Waals surface area contributed by atoms with Crippen LogP contribution in [0.15, 0.2) is 9.98 Å². The lowest BCUT2D eigenvalue weighted by molar-refractivity contribution is 0.400. The van der Waals surface area contributed by atoms with Crippen molar-refractivity contribution in [1.29, 1.82) is 0 Å². The molecule has 0 aromatic rings. The van der Waals surface area contributed by atoms with Crippen molar-refractivity contribution in [2.75, 3.05) is 13.7 Å². The van der Waals surface area contributed by atoms with Crippen LogP contribution in [0.4, 0.5) is 0 Å². The minimum absolute atomic E-state index is 0.266. The average Bonchev–Trinajstić information content (AvgIpc) is 1.88.